The van der Waals surface area contributed by atoms with Crippen molar-refractivity contribution in [3.8, 4) is 0 Å². The lowest BCUT2D eigenvalue weighted by molar-refractivity contribution is 0.111. The van der Waals surface area contributed by atoms with Crippen LogP contribution >= 0.6 is 0 Å². The molecule has 0 aliphatic carbocycles. The van der Waals surface area contributed by atoms with Crippen LogP contribution in [0.25, 0.3) is 0 Å². The van der Waals surface area contributed by atoms with Gasteiger partial charge in [-0.25, -0.2) is 9.97 Å². The summed E-state index contributed by atoms with van der Waals surface area (Å²) < 4.78 is 0. The van der Waals surface area contributed by atoms with E-state index in [0.29, 0.717) is 18.0 Å². The van der Waals surface area contributed by atoms with Crippen molar-refractivity contribution in [3.05, 3.63) is 23.8 Å². The van der Waals surface area contributed by atoms with Crippen LogP contribution in [-0.2, 0) is 0 Å². The van der Waals surface area contributed by atoms with Crippen molar-refractivity contribution < 1.29 is 4.79 Å². The van der Waals surface area contributed by atoms with Gasteiger partial charge >= 0.3 is 0 Å². The van der Waals surface area contributed by atoms with Crippen LogP contribution in [0.15, 0.2) is 12.3 Å². The summed E-state index contributed by atoms with van der Waals surface area (Å²) in [5, 5.41) is 0. The smallest absolute Gasteiger partial charge is 0.192 e. The van der Waals surface area contributed by atoms with E-state index in [9.17, 15) is 4.79 Å². The highest BCUT2D eigenvalue weighted by Gasteiger charge is 2.19. The van der Waals surface area contributed by atoms with Crippen molar-refractivity contribution in [1.29, 1.82) is 0 Å². The number of piperidine rings is 1. The summed E-state index contributed by atoms with van der Waals surface area (Å²) in [5.74, 6) is 0.786. The van der Waals surface area contributed by atoms with E-state index in [4.69, 9.17) is 0 Å². The molecule has 1 saturated heterocycles. The third-order valence-corrected chi connectivity index (χ3v) is 2.94. The Kier molecular flexibility index (Phi) is 3.06. The van der Waals surface area contributed by atoms with Gasteiger partial charge in [0.25, 0.3) is 0 Å². The van der Waals surface area contributed by atoms with Gasteiger partial charge < -0.3 is 4.90 Å². The summed E-state index contributed by atoms with van der Waals surface area (Å²) in [6.07, 6.45) is 4.61. The Hall–Kier alpha value is -1.29. The Labute approximate surface area is 89.3 Å². The zero-order valence-electron chi connectivity index (χ0n) is 8.89. The minimum atomic E-state index is 0.298. The second-order valence-corrected chi connectivity index (χ2v) is 4.04. The first-order valence-corrected chi connectivity index (χ1v) is 5.26. The number of rotatable bonds is 2. The molecule has 1 fully saturated rings. The number of aromatic nitrogens is 2. The number of aldehydes is 1. The maximum atomic E-state index is 10.6. The first-order valence-electron chi connectivity index (χ1n) is 5.26. The van der Waals surface area contributed by atoms with Gasteiger partial charge in [0.15, 0.2) is 12.1 Å². The highest BCUT2D eigenvalue weighted by molar-refractivity contribution is 5.68. The molecule has 2 rings (SSSR count). The average Bonchev–Trinajstić information content (AvgIpc) is 2.30. The molecule has 4 nitrogen and oxygen atoms in total. The highest BCUT2D eigenvalue weighted by atomic mass is 16.1. The van der Waals surface area contributed by atoms with Gasteiger partial charge in [-0.2, -0.15) is 0 Å². The first-order chi connectivity index (χ1) is 7.29. The molecule has 1 aromatic rings. The summed E-state index contributed by atoms with van der Waals surface area (Å²) in [7, 11) is 2.13. The highest BCUT2D eigenvalue weighted by Crippen LogP contribution is 2.25. The molecule has 1 aliphatic heterocycles. The molecule has 80 valence electrons. The van der Waals surface area contributed by atoms with Crippen LogP contribution in [0.1, 0.15) is 35.1 Å². The van der Waals surface area contributed by atoms with E-state index in [1.165, 1.54) is 0 Å². The third kappa shape index (κ3) is 2.39. The van der Waals surface area contributed by atoms with Crippen LogP contribution in [-0.4, -0.2) is 41.3 Å². The fraction of sp³-hybridized carbons (Fsp3) is 0.545. The molecule has 0 unspecified atom stereocenters. The Balaban J connectivity index is 2.11. The third-order valence-electron chi connectivity index (χ3n) is 2.94. The molecule has 0 N–H and O–H groups in total. The Morgan fingerprint density at radius 3 is 2.87 bits per heavy atom. The van der Waals surface area contributed by atoms with Crippen LogP contribution in [0.5, 0.6) is 0 Å². The molecule has 1 aromatic heterocycles. The van der Waals surface area contributed by atoms with Crippen LogP contribution in [0.2, 0.25) is 0 Å². The number of hydrogen-bond donors (Lipinski definition) is 0. The minimum absolute atomic E-state index is 0.298. The molecular weight excluding hydrogens is 190 g/mol. The van der Waals surface area contributed by atoms with E-state index in [-0.39, 0.29) is 0 Å². The average molecular weight is 205 g/mol. The predicted octanol–water partition coefficient (Wildman–Crippen LogP) is 1.10. The van der Waals surface area contributed by atoms with Crippen LogP contribution in [0.3, 0.4) is 0 Å². The van der Waals surface area contributed by atoms with Crippen molar-refractivity contribution in [2.45, 2.75) is 18.8 Å². The van der Waals surface area contributed by atoms with Gasteiger partial charge in [-0.15, -0.1) is 0 Å². The van der Waals surface area contributed by atoms with Crippen molar-refractivity contribution >= 4 is 6.29 Å². The number of likely N-dealkylation sites (tertiary alicyclic amines) is 1. The van der Waals surface area contributed by atoms with E-state index < -0.39 is 0 Å². The summed E-state index contributed by atoms with van der Waals surface area (Å²) in [4.78, 5) is 21.0. The molecule has 0 amide bonds. The standard InChI is InChI=1S/C11H15N3O/c1-14-6-3-9(4-7-14)10-2-5-12-11(8-15)13-10/h2,5,8-9H,3-4,6-7H2,1H3. The minimum Gasteiger partial charge on any atom is -0.306 e. The lowest BCUT2D eigenvalue weighted by Gasteiger charge is -2.28. The maximum Gasteiger partial charge on any atom is 0.192 e. The van der Waals surface area contributed by atoms with Crippen LogP contribution in [0, 0.1) is 0 Å². The van der Waals surface area contributed by atoms with E-state index in [1.54, 1.807) is 6.20 Å². The number of carbonyl (C=O) groups excluding carboxylic acids is 1. The van der Waals surface area contributed by atoms with Crippen molar-refractivity contribution in [2.24, 2.45) is 0 Å². The van der Waals surface area contributed by atoms with Crippen LogP contribution in [0.4, 0.5) is 0 Å². The first kappa shape index (κ1) is 10.2. The fourth-order valence-electron chi connectivity index (χ4n) is 1.98. The van der Waals surface area contributed by atoms with Gasteiger partial charge in [-0.1, -0.05) is 0 Å². The molecule has 0 aromatic carbocycles. The van der Waals surface area contributed by atoms with Gasteiger partial charge in [0.1, 0.15) is 0 Å². The molecule has 0 spiro atoms. The van der Waals surface area contributed by atoms with E-state index in [2.05, 4.69) is 21.9 Å². The summed E-state index contributed by atoms with van der Waals surface area (Å²) >= 11 is 0. The molecule has 1 aliphatic rings. The van der Waals surface area contributed by atoms with Crippen LogP contribution < -0.4 is 0 Å². The largest absolute Gasteiger partial charge is 0.306 e. The van der Waals surface area contributed by atoms with Gasteiger partial charge in [0.05, 0.1) is 0 Å². The quantitative estimate of drug-likeness (QED) is 0.678. The molecule has 15 heavy (non-hydrogen) atoms. The van der Waals surface area contributed by atoms with Crippen molar-refractivity contribution in [2.75, 3.05) is 20.1 Å². The Bertz CT molecular complexity index is 345. The van der Waals surface area contributed by atoms with Gasteiger partial charge in [-0.3, -0.25) is 4.79 Å². The lowest BCUT2D eigenvalue weighted by Crippen LogP contribution is -2.29. The second kappa shape index (κ2) is 4.49. The van der Waals surface area contributed by atoms with Gasteiger partial charge in [0, 0.05) is 17.8 Å². The summed E-state index contributed by atoms with van der Waals surface area (Å²) in [6.45, 7) is 2.20. The Morgan fingerprint density at radius 2 is 2.20 bits per heavy atom. The zero-order chi connectivity index (χ0) is 10.7. The predicted molar refractivity (Wildman–Crippen MR) is 56.9 cm³/mol. The topological polar surface area (TPSA) is 46.1 Å². The van der Waals surface area contributed by atoms with E-state index >= 15 is 0 Å². The zero-order valence-corrected chi connectivity index (χ0v) is 8.89. The molecule has 0 radical (unpaired) electrons. The second-order valence-electron chi connectivity index (χ2n) is 4.04. The molecule has 2 heterocycles. The van der Waals surface area contributed by atoms with Crippen molar-refractivity contribution in [3.63, 3.8) is 0 Å². The molecule has 4 heteroatoms. The molecule has 0 saturated carbocycles. The summed E-state index contributed by atoms with van der Waals surface area (Å²) in [6, 6.07) is 1.92. The normalized spacial score (nSPS) is 19.0. The van der Waals surface area contributed by atoms with Gasteiger partial charge in [0.2, 0.25) is 0 Å². The van der Waals surface area contributed by atoms with E-state index in [0.717, 1.165) is 31.6 Å². The number of hydrogen-bond acceptors (Lipinski definition) is 4. The molecule has 0 bridgehead atoms. The van der Waals surface area contributed by atoms with Gasteiger partial charge in [-0.05, 0) is 39.0 Å². The number of carbonyl (C=O) groups is 1. The lowest BCUT2D eigenvalue weighted by atomic mass is 9.93. The van der Waals surface area contributed by atoms with E-state index in [1.807, 2.05) is 6.07 Å². The maximum absolute atomic E-state index is 10.6. The van der Waals surface area contributed by atoms with Crippen molar-refractivity contribution in [1.82, 2.24) is 14.9 Å². The monoisotopic (exact) mass is 205 g/mol. The summed E-state index contributed by atoms with van der Waals surface area (Å²) in [5.41, 5.74) is 1.01. The molecular formula is C11H15N3O. The fourth-order valence-corrected chi connectivity index (χ4v) is 1.98. The number of nitrogens with zero attached hydrogens (tertiary/aromatic N) is 3. The SMILES string of the molecule is CN1CCC(c2ccnc(C=O)n2)CC1. The molecule has 0 atom stereocenters. The Morgan fingerprint density at radius 1 is 1.47 bits per heavy atom.